The largest absolute Gasteiger partial charge is 0.445 e. The zero-order valence-electron chi connectivity index (χ0n) is 11.6. The predicted octanol–water partition coefficient (Wildman–Crippen LogP) is 4.15. The first-order valence-electron chi connectivity index (χ1n) is 7.02. The third kappa shape index (κ3) is 3.58. The Labute approximate surface area is 128 Å². The zero-order chi connectivity index (χ0) is 14.5. The van der Waals surface area contributed by atoms with Gasteiger partial charge in [-0.05, 0) is 23.6 Å². The Morgan fingerprint density at radius 2 is 1.90 bits per heavy atom. The first-order chi connectivity index (χ1) is 10.3. The highest BCUT2D eigenvalue weighted by atomic mass is 32.2. The van der Waals surface area contributed by atoms with Gasteiger partial charge in [-0.15, -0.1) is 11.8 Å². The fourth-order valence-corrected chi connectivity index (χ4v) is 3.52. The van der Waals surface area contributed by atoms with E-state index in [0.29, 0.717) is 6.61 Å². The number of hydrogen-bond acceptors (Lipinski definition) is 3. The molecule has 1 unspecified atom stereocenters. The molecule has 21 heavy (non-hydrogen) atoms. The molecule has 0 fully saturated rings. The maximum absolute atomic E-state index is 12.0. The molecule has 0 radical (unpaired) electrons. The average molecular weight is 299 g/mol. The van der Waals surface area contributed by atoms with Crippen molar-refractivity contribution in [3.05, 3.63) is 65.7 Å². The zero-order valence-corrected chi connectivity index (χ0v) is 12.4. The number of hydrogen-bond donors (Lipinski definition) is 1. The number of fused-ring (bicyclic) bond motifs is 1. The Bertz CT molecular complexity index is 615. The molecule has 0 aromatic heterocycles. The summed E-state index contributed by atoms with van der Waals surface area (Å²) >= 11 is 1.84. The quantitative estimate of drug-likeness (QED) is 0.925. The van der Waals surface area contributed by atoms with Gasteiger partial charge in [0.25, 0.3) is 0 Å². The number of ether oxygens (including phenoxy) is 1. The molecule has 1 amide bonds. The summed E-state index contributed by atoms with van der Waals surface area (Å²) in [5, 5.41) is 2.97. The third-order valence-electron chi connectivity index (χ3n) is 3.46. The van der Waals surface area contributed by atoms with E-state index < -0.39 is 0 Å². The molecule has 3 rings (SSSR count). The second-order valence-corrected chi connectivity index (χ2v) is 6.07. The number of amides is 1. The van der Waals surface area contributed by atoms with Gasteiger partial charge < -0.3 is 10.1 Å². The van der Waals surface area contributed by atoms with Gasteiger partial charge in [-0.3, -0.25) is 0 Å². The highest BCUT2D eigenvalue weighted by Crippen LogP contribution is 2.35. The van der Waals surface area contributed by atoms with E-state index in [1.165, 1.54) is 10.5 Å². The lowest BCUT2D eigenvalue weighted by Crippen LogP contribution is -2.31. The summed E-state index contributed by atoms with van der Waals surface area (Å²) in [4.78, 5) is 13.2. The van der Waals surface area contributed by atoms with Crippen molar-refractivity contribution in [2.75, 3.05) is 5.75 Å². The summed E-state index contributed by atoms with van der Waals surface area (Å²) in [5.74, 6) is 1.01. The van der Waals surface area contributed by atoms with Gasteiger partial charge in [-0.2, -0.15) is 0 Å². The van der Waals surface area contributed by atoms with Crippen LogP contribution in [0.1, 0.15) is 23.6 Å². The van der Waals surface area contributed by atoms with Gasteiger partial charge in [0.15, 0.2) is 0 Å². The van der Waals surface area contributed by atoms with Crippen LogP contribution in [0.15, 0.2) is 59.5 Å². The SMILES string of the molecule is O=C(NC1CCSc2ccccc21)OCc1ccccc1. The molecule has 1 aliphatic heterocycles. The van der Waals surface area contributed by atoms with Crippen molar-refractivity contribution in [2.24, 2.45) is 0 Å². The van der Waals surface area contributed by atoms with E-state index >= 15 is 0 Å². The predicted molar refractivity (Wildman–Crippen MR) is 84.3 cm³/mol. The maximum Gasteiger partial charge on any atom is 0.407 e. The van der Waals surface area contributed by atoms with E-state index in [2.05, 4.69) is 17.4 Å². The summed E-state index contributed by atoms with van der Waals surface area (Å²) in [6.45, 7) is 0.301. The molecule has 1 N–H and O–H groups in total. The molecular formula is C17H17NO2S. The highest BCUT2D eigenvalue weighted by molar-refractivity contribution is 7.99. The molecule has 1 atom stereocenters. The minimum atomic E-state index is -0.356. The Morgan fingerprint density at radius 3 is 2.76 bits per heavy atom. The van der Waals surface area contributed by atoms with Crippen molar-refractivity contribution in [3.63, 3.8) is 0 Å². The van der Waals surface area contributed by atoms with E-state index in [4.69, 9.17) is 4.74 Å². The number of carbonyl (C=O) groups is 1. The normalized spacial score (nSPS) is 16.9. The van der Waals surface area contributed by atoms with E-state index in [-0.39, 0.29) is 12.1 Å². The second kappa shape index (κ2) is 6.68. The molecule has 3 nitrogen and oxygen atoms in total. The van der Waals surface area contributed by atoms with Crippen LogP contribution in [-0.4, -0.2) is 11.8 Å². The molecular weight excluding hydrogens is 282 g/mol. The first-order valence-corrected chi connectivity index (χ1v) is 8.00. The van der Waals surface area contributed by atoms with Crippen LogP contribution in [0.5, 0.6) is 0 Å². The summed E-state index contributed by atoms with van der Waals surface area (Å²) in [5.41, 5.74) is 2.18. The Hall–Kier alpha value is -1.94. The van der Waals surface area contributed by atoms with Gasteiger partial charge in [-0.25, -0.2) is 4.79 Å². The number of carbonyl (C=O) groups excluding carboxylic acids is 1. The van der Waals surface area contributed by atoms with Crippen LogP contribution in [0.25, 0.3) is 0 Å². The molecule has 0 saturated heterocycles. The molecule has 0 spiro atoms. The van der Waals surface area contributed by atoms with Crippen LogP contribution in [0, 0.1) is 0 Å². The van der Waals surface area contributed by atoms with E-state index in [1.54, 1.807) is 0 Å². The van der Waals surface area contributed by atoms with Crippen LogP contribution < -0.4 is 5.32 Å². The fourth-order valence-electron chi connectivity index (χ4n) is 2.40. The minimum Gasteiger partial charge on any atom is -0.445 e. The van der Waals surface area contributed by atoms with E-state index in [1.807, 2.05) is 54.2 Å². The minimum absolute atomic E-state index is 0.0470. The average Bonchev–Trinajstić information content (AvgIpc) is 2.54. The molecule has 0 aliphatic carbocycles. The topological polar surface area (TPSA) is 38.3 Å². The lowest BCUT2D eigenvalue weighted by atomic mass is 10.0. The molecule has 4 heteroatoms. The molecule has 1 aliphatic rings. The standard InChI is InChI=1S/C17H17NO2S/c19-17(20-12-13-6-2-1-3-7-13)18-15-10-11-21-16-9-5-4-8-14(15)16/h1-9,15H,10-12H2,(H,18,19). The van der Waals surface area contributed by atoms with Crippen molar-refractivity contribution in [1.82, 2.24) is 5.32 Å². The molecule has 0 saturated carbocycles. The Kier molecular flexibility index (Phi) is 4.46. The summed E-state index contributed by atoms with van der Waals surface area (Å²) in [7, 11) is 0. The van der Waals surface area contributed by atoms with Gasteiger partial charge >= 0.3 is 6.09 Å². The van der Waals surface area contributed by atoms with Gasteiger partial charge in [0.2, 0.25) is 0 Å². The maximum atomic E-state index is 12.0. The molecule has 2 aromatic carbocycles. The summed E-state index contributed by atoms with van der Waals surface area (Å²) in [6, 6.07) is 18.0. The van der Waals surface area contributed by atoms with Crippen molar-refractivity contribution in [3.8, 4) is 0 Å². The fraction of sp³-hybridized carbons (Fsp3) is 0.235. The van der Waals surface area contributed by atoms with Crippen molar-refractivity contribution < 1.29 is 9.53 Å². The van der Waals surface area contributed by atoms with Crippen LogP contribution in [-0.2, 0) is 11.3 Å². The number of benzene rings is 2. The lowest BCUT2D eigenvalue weighted by molar-refractivity contribution is 0.135. The van der Waals surface area contributed by atoms with Crippen LogP contribution in [0.3, 0.4) is 0 Å². The monoisotopic (exact) mass is 299 g/mol. The molecule has 2 aromatic rings. The molecule has 0 bridgehead atoms. The Balaban J connectivity index is 1.58. The van der Waals surface area contributed by atoms with Crippen molar-refractivity contribution in [2.45, 2.75) is 24.0 Å². The van der Waals surface area contributed by atoms with Gasteiger partial charge in [0.05, 0.1) is 6.04 Å². The number of nitrogens with one attached hydrogen (secondary N) is 1. The third-order valence-corrected chi connectivity index (χ3v) is 4.59. The summed E-state index contributed by atoms with van der Waals surface area (Å²) in [6.07, 6.45) is 0.577. The highest BCUT2D eigenvalue weighted by Gasteiger charge is 2.22. The van der Waals surface area contributed by atoms with Gasteiger partial charge in [-0.1, -0.05) is 48.5 Å². The smallest absolute Gasteiger partial charge is 0.407 e. The van der Waals surface area contributed by atoms with Crippen molar-refractivity contribution in [1.29, 1.82) is 0 Å². The second-order valence-electron chi connectivity index (χ2n) is 4.93. The molecule has 1 heterocycles. The first kappa shape index (κ1) is 14.0. The van der Waals surface area contributed by atoms with Gasteiger partial charge in [0.1, 0.15) is 6.61 Å². The van der Waals surface area contributed by atoms with Crippen molar-refractivity contribution >= 4 is 17.9 Å². The van der Waals surface area contributed by atoms with Gasteiger partial charge in [0, 0.05) is 10.6 Å². The number of thioether (sulfide) groups is 1. The summed E-state index contributed by atoms with van der Waals surface area (Å²) < 4.78 is 5.29. The Morgan fingerprint density at radius 1 is 1.14 bits per heavy atom. The number of alkyl carbamates (subject to hydrolysis) is 1. The lowest BCUT2D eigenvalue weighted by Gasteiger charge is -2.25. The number of rotatable bonds is 3. The van der Waals surface area contributed by atoms with E-state index in [9.17, 15) is 4.79 Å². The van der Waals surface area contributed by atoms with Crippen LogP contribution >= 0.6 is 11.8 Å². The van der Waals surface area contributed by atoms with E-state index in [0.717, 1.165) is 17.7 Å². The van der Waals surface area contributed by atoms with Crippen LogP contribution in [0.2, 0.25) is 0 Å². The van der Waals surface area contributed by atoms with Crippen LogP contribution in [0.4, 0.5) is 4.79 Å². The molecule has 108 valence electrons.